The summed E-state index contributed by atoms with van der Waals surface area (Å²) in [6.45, 7) is 4.62. The van der Waals surface area contributed by atoms with Gasteiger partial charge in [0.25, 0.3) is 0 Å². The Bertz CT molecular complexity index is 1660. The van der Waals surface area contributed by atoms with Gasteiger partial charge in [-0.2, -0.15) is 0 Å². The highest BCUT2D eigenvalue weighted by Gasteiger charge is 2.33. The summed E-state index contributed by atoms with van der Waals surface area (Å²) >= 11 is 0. The molecule has 0 nitrogen and oxygen atoms in total. The van der Waals surface area contributed by atoms with E-state index in [1.54, 1.807) is 0 Å². The summed E-state index contributed by atoms with van der Waals surface area (Å²) in [6, 6.07) is 36.4. The average Bonchev–Trinajstić information content (AvgIpc) is 3.60. The van der Waals surface area contributed by atoms with Crippen molar-refractivity contribution >= 4 is 43.1 Å². The van der Waals surface area contributed by atoms with Gasteiger partial charge < -0.3 is 0 Å². The first kappa shape index (κ1) is 18.9. The van der Waals surface area contributed by atoms with Crippen molar-refractivity contribution in [1.29, 1.82) is 0 Å². The molecular formula is C33H26. The van der Waals surface area contributed by atoms with Gasteiger partial charge in [-0.15, -0.1) is 0 Å². The van der Waals surface area contributed by atoms with E-state index < -0.39 is 0 Å². The van der Waals surface area contributed by atoms with E-state index in [9.17, 15) is 0 Å². The minimum absolute atomic E-state index is 0.734. The van der Waals surface area contributed by atoms with Gasteiger partial charge >= 0.3 is 0 Å². The van der Waals surface area contributed by atoms with Crippen LogP contribution in [0.3, 0.4) is 0 Å². The molecule has 0 N–H and O–H groups in total. The number of hydrogen-bond acceptors (Lipinski definition) is 0. The van der Waals surface area contributed by atoms with E-state index in [2.05, 4.69) is 111 Å². The largest absolute Gasteiger partial charge is 0.0619 e. The number of aryl methyl sites for hydroxylation is 1. The lowest BCUT2D eigenvalue weighted by atomic mass is 9.86. The summed E-state index contributed by atoms with van der Waals surface area (Å²) in [5.41, 5.74) is 5.54. The van der Waals surface area contributed by atoms with Crippen LogP contribution in [0.1, 0.15) is 30.4 Å². The van der Waals surface area contributed by atoms with E-state index in [1.807, 2.05) is 0 Å². The zero-order valence-electron chi connectivity index (χ0n) is 19.1. The van der Waals surface area contributed by atoms with E-state index in [0.717, 1.165) is 11.8 Å². The predicted molar refractivity (Wildman–Crippen MR) is 143 cm³/mol. The second-order valence-corrected chi connectivity index (χ2v) is 9.86. The SMILES string of the molecule is Cc1c2ccccc2c(-c2cccc3c2ccc2ccc(C4C[C@@H]4C)cc23)c2ccccc12. The zero-order valence-corrected chi connectivity index (χ0v) is 19.1. The highest BCUT2D eigenvalue weighted by atomic mass is 14.4. The first-order valence-electron chi connectivity index (χ1n) is 12.1. The molecule has 1 saturated carbocycles. The molecule has 33 heavy (non-hydrogen) atoms. The summed E-state index contributed by atoms with van der Waals surface area (Å²) in [4.78, 5) is 0. The molecule has 158 valence electrons. The van der Waals surface area contributed by atoms with E-state index >= 15 is 0 Å². The van der Waals surface area contributed by atoms with Crippen LogP contribution in [0.4, 0.5) is 0 Å². The minimum Gasteiger partial charge on any atom is -0.0619 e. The van der Waals surface area contributed by atoms with E-state index in [1.165, 1.54) is 71.8 Å². The molecule has 0 saturated heterocycles. The normalized spacial score (nSPS) is 17.9. The lowest BCUT2D eigenvalue weighted by Crippen LogP contribution is -1.91. The summed E-state index contributed by atoms with van der Waals surface area (Å²) in [6.07, 6.45) is 1.32. The third kappa shape index (κ3) is 2.77. The Labute approximate surface area is 194 Å². The Hall–Kier alpha value is -3.64. The van der Waals surface area contributed by atoms with Crippen molar-refractivity contribution in [3.8, 4) is 11.1 Å². The second-order valence-electron chi connectivity index (χ2n) is 9.86. The number of hydrogen-bond donors (Lipinski definition) is 0. The van der Waals surface area contributed by atoms with Crippen molar-refractivity contribution in [3.63, 3.8) is 0 Å². The maximum absolute atomic E-state index is 2.46. The Balaban J connectivity index is 1.60. The van der Waals surface area contributed by atoms with Crippen LogP contribution in [0.2, 0.25) is 0 Å². The van der Waals surface area contributed by atoms with Crippen LogP contribution in [0.15, 0.2) is 97.1 Å². The maximum atomic E-state index is 2.46. The Morgan fingerprint density at radius 3 is 1.85 bits per heavy atom. The summed E-state index contributed by atoms with van der Waals surface area (Å²) < 4.78 is 0. The minimum atomic E-state index is 0.734. The first-order chi connectivity index (χ1) is 16.2. The topological polar surface area (TPSA) is 0 Å². The standard InChI is InChI=1S/C33H26/c1-20-18-31(20)23-15-14-22-16-17-27-26(32(22)19-23)12-7-13-30(27)33-28-10-5-3-8-24(28)21(2)25-9-4-6-11-29(25)33/h3-17,19-20,31H,18H2,1-2H3/t20-,31?/m0/s1. The van der Waals surface area contributed by atoms with Crippen molar-refractivity contribution in [2.45, 2.75) is 26.2 Å². The number of fused-ring (bicyclic) bond motifs is 5. The van der Waals surface area contributed by atoms with Crippen LogP contribution in [0, 0.1) is 12.8 Å². The monoisotopic (exact) mass is 422 g/mol. The summed E-state index contributed by atoms with van der Waals surface area (Å²) in [7, 11) is 0. The van der Waals surface area contributed by atoms with Crippen molar-refractivity contribution < 1.29 is 0 Å². The van der Waals surface area contributed by atoms with Gasteiger partial charge in [-0.25, -0.2) is 0 Å². The third-order valence-electron chi connectivity index (χ3n) is 7.91. The van der Waals surface area contributed by atoms with Crippen LogP contribution < -0.4 is 0 Å². The van der Waals surface area contributed by atoms with Gasteiger partial charge in [0, 0.05) is 0 Å². The highest BCUT2D eigenvalue weighted by Crippen LogP contribution is 2.48. The molecule has 6 aromatic rings. The van der Waals surface area contributed by atoms with Crippen molar-refractivity contribution in [3.05, 3.63) is 108 Å². The fourth-order valence-electron chi connectivity index (χ4n) is 5.98. The smallest absolute Gasteiger partial charge is 0.00204 e. The van der Waals surface area contributed by atoms with Gasteiger partial charge in [-0.1, -0.05) is 104 Å². The maximum Gasteiger partial charge on any atom is -0.00204 e. The number of rotatable bonds is 2. The molecule has 1 fully saturated rings. The van der Waals surface area contributed by atoms with Gasteiger partial charge in [-0.3, -0.25) is 0 Å². The van der Waals surface area contributed by atoms with Crippen LogP contribution in [-0.4, -0.2) is 0 Å². The molecule has 0 aliphatic heterocycles. The van der Waals surface area contributed by atoms with Gasteiger partial charge in [0.2, 0.25) is 0 Å². The quantitative estimate of drug-likeness (QED) is 0.192. The van der Waals surface area contributed by atoms with Crippen LogP contribution in [0.5, 0.6) is 0 Å². The Morgan fingerprint density at radius 1 is 0.576 bits per heavy atom. The molecule has 1 aliphatic rings. The lowest BCUT2D eigenvalue weighted by Gasteiger charge is -2.17. The molecule has 2 atom stereocenters. The van der Waals surface area contributed by atoms with Gasteiger partial charge in [0.1, 0.15) is 0 Å². The second kappa shape index (κ2) is 6.93. The molecule has 0 amide bonds. The van der Waals surface area contributed by atoms with Crippen LogP contribution in [-0.2, 0) is 0 Å². The molecule has 0 spiro atoms. The molecular weight excluding hydrogens is 396 g/mol. The Kier molecular flexibility index (Phi) is 3.96. The van der Waals surface area contributed by atoms with Crippen molar-refractivity contribution in [2.75, 3.05) is 0 Å². The molecule has 1 aliphatic carbocycles. The lowest BCUT2D eigenvalue weighted by molar-refractivity contribution is 0.916. The molecule has 0 bridgehead atoms. The number of benzene rings is 6. The van der Waals surface area contributed by atoms with E-state index in [-0.39, 0.29) is 0 Å². The predicted octanol–water partition coefficient (Wildman–Crippen LogP) is 9.40. The van der Waals surface area contributed by atoms with Crippen LogP contribution >= 0.6 is 0 Å². The zero-order chi connectivity index (χ0) is 22.1. The molecule has 7 rings (SSSR count). The fraction of sp³-hybridized carbons (Fsp3) is 0.152. The van der Waals surface area contributed by atoms with Crippen molar-refractivity contribution in [2.24, 2.45) is 5.92 Å². The summed E-state index contributed by atoms with van der Waals surface area (Å²) in [5, 5.41) is 10.8. The first-order valence-corrected chi connectivity index (χ1v) is 12.1. The molecule has 0 heterocycles. The third-order valence-corrected chi connectivity index (χ3v) is 7.91. The van der Waals surface area contributed by atoms with Gasteiger partial charge in [0.15, 0.2) is 0 Å². The molecule has 0 heteroatoms. The fourth-order valence-corrected chi connectivity index (χ4v) is 5.98. The molecule has 6 aromatic carbocycles. The van der Waals surface area contributed by atoms with E-state index in [0.29, 0.717) is 0 Å². The highest BCUT2D eigenvalue weighted by molar-refractivity contribution is 6.21. The summed E-state index contributed by atoms with van der Waals surface area (Å²) in [5.74, 6) is 1.55. The van der Waals surface area contributed by atoms with Gasteiger partial charge in [0.05, 0.1) is 0 Å². The average molecular weight is 423 g/mol. The van der Waals surface area contributed by atoms with Gasteiger partial charge in [-0.05, 0) is 90.5 Å². The molecule has 0 aromatic heterocycles. The molecule has 0 radical (unpaired) electrons. The van der Waals surface area contributed by atoms with Crippen LogP contribution in [0.25, 0.3) is 54.2 Å². The Morgan fingerprint density at radius 2 is 1.18 bits per heavy atom. The van der Waals surface area contributed by atoms with E-state index in [4.69, 9.17) is 0 Å². The van der Waals surface area contributed by atoms with Crippen molar-refractivity contribution in [1.82, 2.24) is 0 Å². The molecule has 1 unspecified atom stereocenters.